The van der Waals surface area contributed by atoms with Crippen LogP contribution in [0.15, 0.2) is 53.3 Å². The van der Waals surface area contributed by atoms with E-state index in [1.807, 2.05) is 24.3 Å². The van der Waals surface area contributed by atoms with E-state index in [0.29, 0.717) is 16.4 Å². The number of benzene rings is 2. The summed E-state index contributed by atoms with van der Waals surface area (Å²) < 4.78 is 1.94. The zero-order valence-corrected chi connectivity index (χ0v) is 17.4. The summed E-state index contributed by atoms with van der Waals surface area (Å²) in [6.07, 6.45) is 3.52. The number of aromatic nitrogens is 4. The number of amides is 2. The van der Waals surface area contributed by atoms with Crippen LogP contribution in [0.25, 0.3) is 5.69 Å². The van der Waals surface area contributed by atoms with Gasteiger partial charge in [-0.2, -0.15) is 9.36 Å². The molecule has 0 unspecified atom stereocenters. The Bertz CT molecular complexity index is 1160. The minimum atomic E-state index is -0.686. The molecule has 0 aliphatic heterocycles. The number of hydrogen-bond donors (Lipinski definition) is 2. The first-order chi connectivity index (χ1) is 14.9. The van der Waals surface area contributed by atoms with Crippen LogP contribution in [0.5, 0.6) is 0 Å². The summed E-state index contributed by atoms with van der Waals surface area (Å²) in [4.78, 5) is 36.6. The Morgan fingerprint density at radius 1 is 1.03 bits per heavy atom. The van der Waals surface area contributed by atoms with Gasteiger partial charge < -0.3 is 11.1 Å². The van der Waals surface area contributed by atoms with Crippen LogP contribution in [0, 0.1) is 0 Å². The molecule has 9 nitrogen and oxygen atoms in total. The fraction of sp³-hybridized carbons (Fsp3) is 0.286. The number of hydrogen-bond acceptors (Lipinski definition) is 5. The second-order valence-electron chi connectivity index (χ2n) is 7.59. The number of primary amides is 1. The molecule has 3 aromatic rings. The molecule has 0 radical (unpaired) electrons. The molecule has 0 spiro atoms. The average Bonchev–Trinajstić information content (AvgIpc) is 3.38. The molecule has 1 fully saturated rings. The summed E-state index contributed by atoms with van der Waals surface area (Å²) in [5.41, 5.74) is 5.94. The van der Waals surface area contributed by atoms with Gasteiger partial charge in [-0.1, -0.05) is 36.6 Å². The summed E-state index contributed by atoms with van der Waals surface area (Å²) in [6.45, 7) is -0.347. The minimum Gasteiger partial charge on any atom is -0.368 e. The van der Waals surface area contributed by atoms with Gasteiger partial charge in [0, 0.05) is 10.7 Å². The van der Waals surface area contributed by atoms with Crippen LogP contribution in [0.2, 0.25) is 5.02 Å². The zero-order chi connectivity index (χ0) is 22.0. The van der Waals surface area contributed by atoms with E-state index in [4.69, 9.17) is 17.3 Å². The first-order valence-electron chi connectivity index (χ1n) is 9.88. The van der Waals surface area contributed by atoms with Crippen molar-refractivity contribution in [1.82, 2.24) is 19.8 Å². The summed E-state index contributed by atoms with van der Waals surface area (Å²) in [6, 6.07) is 14.1. The molecule has 2 aromatic carbocycles. The van der Waals surface area contributed by atoms with Crippen molar-refractivity contribution in [3.05, 3.63) is 69.6 Å². The van der Waals surface area contributed by atoms with Gasteiger partial charge in [0.2, 0.25) is 11.8 Å². The standard InChI is InChI=1S/C21H21ClN6O3/c22-15-5-3-14(4-6-15)21(11-1-2-12-21)19(30)24-16-7-9-17(10-8-16)28-20(31)27(25-26-28)13-18(23)29/h3-10H,1-2,11-13H2,(H2,23,29)(H,24,30). The van der Waals surface area contributed by atoms with Gasteiger partial charge in [-0.05, 0) is 65.2 Å². The minimum absolute atomic E-state index is 0.0651. The van der Waals surface area contributed by atoms with Crippen LogP contribution in [-0.4, -0.2) is 31.6 Å². The van der Waals surface area contributed by atoms with Gasteiger partial charge in [0.1, 0.15) is 6.54 Å². The van der Waals surface area contributed by atoms with Crippen molar-refractivity contribution in [3.8, 4) is 5.69 Å². The summed E-state index contributed by atoms with van der Waals surface area (Å²) in [7, 11) is 0. The lowest BCUT2D eigenvalue weighted by Crippen LogP contribution is -2.38. The van der Waals surface area contributed by atoms with E-state index < -0.39 is 17.0 Å². The van der Waals surface area contributed by atoms with Crippen molar-refractivity contribution in [2.45, 2.75) is 37.6 Å². The topological polar surface area (TPSA) is 125 Å². The number of nitrogens with one attached hydrogen (secondary N) is 1. The molecule has 1 aliphatic rings. The fourth-order valence-corrected chi connectivity index (χ4v) is 4.14. The molecular weight excluding hydrogens is 420 g/mol. The lowest BCUT2D eigenvalue weighted by Gasteiger charge is -2.28. The second-order valence-corrected chi connectivity index (χ2v) is 8.03. The first kappa shape index (κ1) is 20.8. The Balaban J connectivity index is 1.54. The maximum atomic E-state index is 13.3. The molecule has 0 bridgehead atoms. The average molecular weight is 441 g/mol. The number of nitrogens with two attached hydrogens (primary N) is 1. The van der Waals surface area contributed by atoms with Crippen LogP contribution in [-0.2, 0) is 21.5 Å². The molecule has 10 heteroatoms. The Morgan fingerprint density at radius 2 is 1.68 bits per heavy atom. The van der Waals surface area contributed by atoms with Gasteiger partial charge in [0.05, 0.1) is 11.1 Å². The molecule has 0 atom stereocenters. The van der Waals surface area contributed by atoms with Crippen LogP contribution in [0.1, 0.15) is 31.2 Å². The van der Waals surface area contributed by atoms with Crippen molar-refractivity contribution in [1.29, 1.82) is 0 Å². The van der Waals surface area contributed by atoms with E-state index in [-0.39, 0.29) is 12.5 Å². The number of carbonyl (C=O) groups is 2. The lowest BCUT2D eigenvalue weighted by atomic mass is 9.78. The first-order valence-corrected chi connectivity index (χ1v) is 10.3. The number of nitrogens with zero attached hydrogens (tertiary/aromatic N) is 4. The third kappa shape index (κ3) is 4.09. The lowest BCUT2D eigenvalue weighted by molar-refractivity contribution is -0.121. The van der Waals surface area contributed by atoms with Gasteiger partial charge in [-0.3, -0.25) is 9.59 Å². The number of rotatable bonds is 6. The van der Waals surface area contributed by atoms with E-state index in [1.165, 1.54) is 0 Å². The number of tetrazole rings is 1. The Hall–Kier alpha value is -3.46. The largest absolute Gasteiger partial charge is 0.368 e. The third-order valence-corrected chi connectivity index (χ3v) is 5.86. The summed E-state index contributed by atoms with van der Waals surface area (Å²) in [5.74, 6) is -0.751. The van der Waals surface area contributed by atoms with Gasteiger partial charge in [-0.15, -0.1) is 0 Å². The molecule has 1 heterocycles. The highest BCUT2D eigenvalue weighted by molar-refractivity contribution is 6.30. The van der Waals surface area contributed by atoms with E-state index in [1.54, 1.807) is 24.3 Å². The number of anilines is 1. The van der Waals surface area contributed by atoms with E-state index in [0.717, 1.165) is 40.6 Å². The Labute approximate surface area is 182 Å². The van der Waals surface area contributed by atoms with E-state index in [9.17, 15) is 14.4 Å². The molecule has 0 saturated heterocycles. The predicted octanol–water partition coefficient (Wildman–Crippen LogP) is 2.02. The molecule has 1 saturated carbocycles. The van der Waals surface area contributed by atoms with Crippen LogP contribution < -0.4 is 16.7 Å². The van der Waals surface area contributed by atoms with Crippen molar-refractivity contribution in [2.24, 2.45) is 5.73 Å². The molecule has 1 aromatic heterocycles. The number of halogens is 1. The van der Waals surface area contributed by atoms with Gasteiger partial charge in [0.15, 0.2) is 0 Å². The molecule has 3 N–H and O–H groups in total. The molecule has 2 amide bonds. The smallest absolute Gasteiger partial charge is 0.368 e. The fourth-order valence-electron chi connectivity index (χ4n) is 4.01. The predicted molar refractivity (Wildman–Crippen MR) is 115 cm³/mol. The maximum absolute atomic E-state index is 13.3. The second kappa shape index (κ2) is 8.35. The highest BCUT2D eigenvalue weighted by Crippen LogP contribution is 2.42. The van der Waals surface area contributed by atoms with Crippen molar-refractivity contribution in [3.63, 3.8) is 0 Å². The SMILES string of the molecule is NC(=O)Cn1nnn(-c2ccc(NC(=O)C3(c4ccc(Cl)cc4)CCCC3)cc2)c1=O. The third-order valence-electron chi connectivity index (χ3n) is 5.60. The van der Waals surface area contributed by atoms with Crippen molar-refractivity contribution >= 4 is 29.1 Å². The van der Waals surface area contributed by atoms with Gasteiger partial charge in [0.25, 0.3) is 0 Å². The maximum Gasteiger partial charge on any atom is 0.368 e. The van der Waals surface area contributed by atoms with Gasteiger partial charge in [-0.25, -0.2) is 4.79 Å². The van der Waals surface area contributed by atoms with E-state index in [2.05, 4.69) is 15.7 Å². The zero-order valence-electron chi connectivity index (χ0n) is 16.6. The highest BCUT2D eigenvalue weighted by Gasteiger charge is 2.42. The molecule has 4 rings (SSSR count). The van der Waals surface area contributed by atoms with Crippen LogP contribution in [0.4, 0.5) is 5.69 Å². The monoisotopic (exact) mass is 440 g/mol. The molecule has 31 heavy (non-hydrogen) atoms. The van der Waals surface area contributed by atoms with Crippen LogP contribution in [0.3, 0.4) is 0 Å². The quantitative estimate of drug-likeness (QED) is 0.606. The molecule has 1 aliphatic carbocycles. The number of carbonyl (C=O) groups excluding carboxylic acids is 2. The van der Waals surface area contributed by atoms with Crippen molar-refractivity contribution < 1.29 is 9.59 Å². The Morgan fingerprint density at radius 3 is 2.29 bits per heavy atom. The summed E-state index contributed by atoms with van der Waals surface area (Å²) >= 11 is 6.02. The molecule has 160 valence electrons. The highest BCUT2D eigenvalue weighted by atomic mass is 35.5. The summed E-state index contributed by atoms with van der Waals surface area (Å²) in [5, 5.41) is 11.0. The Kier molecular flexibility index (Phi) is 5.60. The normalized spacial score (nSPS) is 15.0. The molecular formula is C21H21ClN6O3. The van der Waals surface area contributed by atoms with Gasteiger partial charge >= 0.3 is 5.69 Å². The van der Waals surface area contributed by atoms with Crippen LogP contribution >= 0.6 is 11.6 Å². The van der Waals surface area contributed by atoms with E-state index >= 15 is 0 Å². The van der Waals surface area contributed by atoms with Crippen molar-refractivity contribution in [2.75, 3.05) is 5.32 Å².